The summed E-state index contributed by atoms with van der Waals surface area (Å²) in [6, 6.07) is 19.0. The Hall–Kier alpha value is -1.99. The Morgan fingerprint density at radius 3 is 2.06 bits per heavy atom. The topological polar surface area (TPSA) is 48.0 Å². The van der Waals surface area contributed by atoms with Gasteiger partial charge in [0.15, 0.2) is 5.78 Å². The normalized spacial score (nSPS) is 28.6. The highest BCUT2D eigenvalue weighted by Crippen LogP contribution is 2.37. The SMILES string of the molecule is CC1(C)OB(c2ccc(C(=O)C3CC4COCC(C3)N4Cc3ccccc3)cc2)OC1(C)C. The van der Waals surface area contributed by atoms with Crippen molar-refractivity contribution in [3.63, 3.8) is 0 Å². The monoisotopic (exact) mass is 447 g/mol. The van der Waals surface area contributed by atoms with Crippen LogP contribution in [0.25, 0.3) is 0 Å². The maximum absolute atomic E-state index is 13.4. The van der Waals surface area contributed by atoms with E-state index in [1.807, 2.05) is 24.3 Å². The minimum Gasteiger partial charge on any atom is -0.399 e. The zero-order valence-electron chi connectivity index (χ0n) is 20.1. The Morgan fingerprint density at radius 2 is 1.48 bits per heavy atom. The molecule has 2 bridgehead atoms. The molecule has 3 saturated heterocycles. The largest absolute Gasteiger partial charge is 0.494 e. The molecule has 0 aliphatic carbocycles. The van der Waals surface area contributed by atoms with E-state index in [4.69, 9.17) is 14.0 Å². The average molecular weight is 447 g/mol. The third-order valence-corrected chi connectivity index (χ3v) is 7.97. The first-order valence-corrected chi connectivity index (χ1v) is 12.1. The van der Waals surface area contributed by atoms with Crippen molar-refractivity contribution >= 4 is 18.4 Å². The predicted molar refractivity (Wildman–Crippen MR) is 130 cm³/mol. The third kappa shape index (κ3) is 4.42. The van der Waals surface area contributed by atoms with Gasteiger partial charge in [-0.3, -0.25) is 9.69 Å². The average Bonchev–Trinajstić information content (AvgIpc) is 3.01. The smallest absolute Gasteiger partial charge is 0.399 e. The number of rotatable bonds is 5. The van der Waals surface area contributed by atoms with Crippen molar-refractivity contribution < 1.29 is 18.8 Å². The number of carbonyl (C=O) groups is 1. The fraction of sp³-hybridized carbons (Fsp3) is 0.519. The van der Waals surface area contributed by atoms with Crippen molar-refractivity contribution in [1.29, 1.82) is 0 Å². The van der Waals surface area contributed by atoms with Crippen molar-refractivity contribution in [2.75, 3.05) is 13.2 Å². The van der Waals surface area contributed by atoms with Gasteiger partial charge < -0.3 is 14.0 Å². The van der Waals surface area contributed by atoms with Gasteiger partial charge in [-0.05, 0) is 51.6 Å². The first-order valence-electron chi connectivity index (χ1n) is 12.1. The standard InChI is InChI=1S/C27H34BNO4/c1-26(2)27(3,4)33-28(32-26)22-12-10-20(11-13-22)25(30)21-14-23-17-31-18-24(15-21)29(23)16-19-8-6-5-7-9-19/h5-13,21,23-24H,14-18H2,1-4H3. The lowest BCUT2D eigenvalue weighted by molar-refractivity contribution is -0.0872. The molecule has 33 heavy (non-hydrogen) atoms. The van der Waals surface area contributed by atoms with E-state index in [1.54, 1.807) is 0 Å². The number of ketones is 1. The van der Waals surface area contributed by atoms with Crippen LogP contribution in [0.5, 0.6) is 0 Å². The van der Waals surface area contributed by atoms with Crippen molar-refractivity contribution in [2.45, 2.75) is 70.4 Å². The summed E-state index contributed by atoms with van der Waals surface area (Å²) >= 11 is 0. The quantitative estimate of drug-likeness (QED) is 0.515. The molecule has 5 rings (SSSR count). The van der Waals surface area contributed by atoms with E-state index in [9.17, 15) is 4.79 Å². The third-order valence-electron chi connectivity index (χ3n) is 7.97. The van der Waals surface area contributed by atoms with E-state index in [0.29, 0.717) is 13.2 Å². The summed E-state index contributed by atoms with van der Waals surface area (Å²) in [6.45, 7) is 10.5. The van der Waals surface area contributed by atoms with Gasteiger partial charge in [-0.25, -0.2) is 0 Å². The Labute approximate surface area is 197 Å². The van der Waals surface area contributed by atoms with Crippen LogP contribution in [0.15, 0.2) is 54.6 Å². The minimum atomic E-state index is -0.406. The lowest BCUT2D eigenvalue weighted by Gasteiger charge is -2.48. The molecule has 3 heterocycles. The highest BCUT2D eigenvalue weighted by Gasteiger charge is 2.51. The molecule has 3 fully saturated rings. The van der Waals surface area contributed by atoms with E-state index in [-0.39, 0.29) is 35.0 Å². The number of hydrogen-bond acceptors (Lipinski definition) is 5. The van der Waals surface area contributed by atoms with Crippen molar-refractivity contribution in [2.24, 2.45) is 5.92 Å². The van der Waals surface area contributed by atoms with Gasteiger partial charge in [0.1, 0.15) is 0 Å². The van der Waals surface area contributed by atoms with Crippen LogP contribution in [0, 0.1) is 5.92 Å². The number of piperidine rings is 1. The van der Waals surface area contributed by atoms with Crippen LogP contribution >= 0.6 is 0 Å². The summed E-state index contributed by atoms with van der Waals surface area (Å²) in [5, 5.41) is 0. The van der Waals surface area contributed by atoms with Gasteiger partial charge >= 0.3 is 7.12 Å². The van der Waals surface area contributed by atoms with Gasteiger partial charge in [-0.15, -0.1) is 0 Å². The highest BCUT2D eigenvalue weighted by atomic mass is 16.7. The van der Waals surface area contributed by atoms with E-state index < -0.39 is 7.12 Å². The van der Waals surface area contributed by atoms with E-state index >= 15 is 0 Å². The summed E-state index contributed by atoms with van der Waals surface area (Å²) in [7, 11) is -0.406. The summed E-state index contributed by atoms with van der Waals surface area (Å²) in [4.78, 5) is 16.0. The second kappa shape index (κ2) is 8.66. The molecule has 174 valence electrons. The first kappa shape index (κ1) is 22.8. The number of ether oxygens (including phenoxy) is 1. The summed E-state index contributed by atoms with van der Waals surface area (Å²) in [6.07, 6.45) is 1.70. The maximum Gasteiger partial charge on any atom is 0.494 e. The molecule has 0 spiro atoms. The number of Topliss-reactive ketones (excluding diaryl/α,β-unsaturated/α-hetero) is 1. The lowest BCUT2D eigenvalue weighted by Crippen LogP contribution is -2.57. The second-order valence-corrected chi connectivity index (χ2v) is 10.7. The molecule has 0 amide bonds. The van der Waals surface area contributed by atoms with Crippen LogP contribution in [-0.4, -0.2) is 54.3 Å². The number of morpholine rings is 1. The molecule has 0 N–H and O–H groups in total. The zero-order valence-corrected chi connectivity index (χ0v) is 20.1. The molecule has 2 atom stereocenters. The van der Waals surface area contributed by atoms with Crippen LogP contribution in [0.3, 0.4) is 0 Å². The van der Waals surface area contributed by atoms with Gasteiger partial charge in [0.2, 0.25) is 0 Å². The Bertz CT molecular complexity index is 961. The molecule has 3 aliphatic rings. The molecule has 0 aromatic heterocycles. The van der Waals surface area contributed by atoms with Gasteiger partial charge in [0, 0.05) is 30.1 Å². The number of nitrogens with zero attached hydrogens (tertiary/aromatic N) is 1. The molecule has 0 radical (unpaired) electrons. The van der Waals surface area contributed by atoms with E-state index in [0.717, 1.165) is 30.4 Å². The Morgan fingerprint density at radius 1 is 0.909 bits per heavy atom. The Kier molecular flexibility index (Phi) is 5.98. The highest BCUT2D eigenvalue weighted by molar-refractivity contribution is 6.62. The summed E-state index contributed by atoms with van der Waals surface area (Å²) in [5.74, 6) is 0.283. The number of benzene rings is 2. The molecule has 2 aromatic rings. The van der Waals surface area contributed by atoms with E-state index in [2.05, 4.69) is 62.9 Å². The molecule has 0 saturated carbocycles. The van der Waals surface area contributed by atoms with Gasteiger partial charge in [0.25, 0.3) is 0 Å². The molecule has 2 unspecified atom stereocenters. The van der Waals surface area contributed by atoms with Crippen molar-refractivity contribution in [1.82, 2.24) is 4.90 Å². The summed E-state index contributed by atoms with van der Waals surface area (Å²) < 4.78 is 18.2. The van der Waals surface area contributed by atoms with E-state index in [1.165, 1.54) is 5.56 Å². The summed E-state index contributed by atoms with van der Waals surface area (Å²) in [5.41, 5.74) is 2.29. The zero-order chi connectivity index (χ0) is 23.2. The first-order chi connectivity index (χ1) is 15.7. The number of fused-ring (bicyclic) bond motifs is 2. The molecule has 3 aliphatic heterocycles. The van der Waals surface area contributed by atoms with Gasteiger partial charge in [-0.1, -0.05) is 54.6 Å². The predicted octanol–water partition coefficient (Wildman–Crippen LogP) is 3.85. The maximum atomic E-state index is 13.4. The molecular weight excluding hydrogens is 413 g/mol. The van der Waals surface area contributed by atoms with Gasteiger partial charge in [-0.2, -0.15) is 0 Å². The lowest BCUT2D eigenvalue weighted by atomic mass is 9.77. The molecule has 6 heteroatoms. The van der Waals surface area contributed by atoms with Crippen LogP contribution in [0.4, 0.5) is 0 Å². The van der Waals surface area contributed by atoms with Crippen molar-refractivity contribution in [3.05, 3.63) is 65.7 Å². The van der Waals surface area contributed by atoms with Crippen molar-refractivity contribution in [3.8, 4) is 0 Å². The second-order valence-electron chi connectivity index (χ2n) is 10.7. The number of carbonyl (C=O) groups excluding carboxylic acids is 1. The fourth-order valence-electron chi connectivity index (χ4n) is 5.28. The van der Waals surface area contributed by atoms with Crippen LogP contribution in [0.1, 0.15) is 56.5 Å². The van der Waals surface area contributed by atoms with Gasteiger partial charge in [0.05, 0.1) is 24.4 Å². The van der Waals surface area contributed by atoms with Crippen LogP contribution in [-0.2, 0) is 20.6 Å². The number of hydrogen-bond donors (Lipinski definition) is 0. The molecule has 5 nitrogen and oxygen atoms in total. The fourth-order valence-corrected chi connectivity index (χ4v) is 5.28. The van der Waals surface area contributed by atoms with Crippen LogP contribution < -0.4 is 5.46 Å². The molecule has 2 aromatic carbocycles. The molecular formula is C27H34BNO4. The minimum absolute atomic E-state index is 0.0404. The van der Waals surface area contributed by atoms with Crippen LogP contribution in [0.2, 0.25) is 0 Å². The Balaban J connectivity index is 1.26.